The monoisotopic (exact) mass is 220 g/mol. The van der Waals surface area contributed by atoms with Crippen molar-refractivity contribution in [1.29, 1.82) is 0 Å². The molecule has 0 radical (unpaired) electrons. The Labute approximate surface area is 98.9 Å². The van der Waals surface area contributed by atoms with Crippen molar-refractivity contribution in [3.8, 4) is 0 Å². The molecule has 0 unspecified atom stereocenters. The van der Waals surface area contributed by atoms with Gasteiger partial charge in [0, 0.05) is 0 Å². The minimum atomic E-state index is -0.850. The summed E-state index contributed by atoms with van der Waals surface area (Å²) in [5.41, 5.74) is 0.962. The lowest BCUT2D eigenvalue weighted by atomic mass is 9.82. The van der Waals surface area contributed by atoms with Crippen molar-refractivity contribution in [2.75, 3.05) is 0 Å². The summed E-state index contributed by atoms with van der Waals surface area (Å²) in [6, 6.07) is 8.23. The first-order chi connectivity index (χ1) is 7.22. The van der Waals surface area contributed by atoms with Gasteiger partial charge in [0.2, 0.25) is 0 Å². The maximum Gasteiger partial charge on any atom is 0.309 e. The standard InChI is InChI=1S/C13H21BO2/c1-10-6-8-11(9-7-10)14-16-13(4,5)12(2,3)15/h6-9,14-15H,1-5H3. The van der Waals surface area contributed by atoms with Crippen molar-refractivity contribution in [3.05, 3.63) is 29.8 Å². The zero-order valence-corrected chi connectivity index (χ0v) is 10.9. The highest BCUT2D eigenvalue weighted by Crippen LogP contribution is 2.24. The van der Waals surface area contributed by atoms with E-state index in [1.165, 1.54) is 5.56 Å². The summed E-state index contributed by atoms with van der Waals surface area (Å²) in [6.07, 6.45) is 0. The minimum Gasteiger partial charge on any atom is -0.427 e. The second-order valence-corrected chi connectivity index (χ2v) is 5.34. The lowest BCUT2D eigenvalue weighted by Gasteiger charge is -2.37. The molecule has 1 rings (SSSR count). The van der Waals surface area contributed by atoms with Crippen LogP contribution in [0.5, 0.6) is 0 Å². The highest BCUT2D eigenvalue weighted by Gasteiger charge is 2.35. The molecule has 88 valence electrons. The fourth-order valence-electron chi connectivity index (χ4n) is 1.12. The van der Waals surface area contributed by atoms with Gasteiger partial charge in [-0.2, -0.15) is 0 Å². The van der Waals surface area contributed by atoms with Gasteiger partial charge in [-0.3, -0.25) is 0 Å². The molecule has 16 heavy (non-hydrogen) atoms. The third kappa shape index (κ3) is 3.36. The van der Waals surface area contributed by atoms with Gasteiger partial charge in [0.05, 0.1) is 11.2 Å². The highest BCUT2D eigenvalue weighted by molar-refractivity contribution is 6.47. The molecule has 0 saturated carbocycles. The summed E-state index contributed by atoms with van der Waals surface area (Å²) < 4.78 is 5.77. The van der Waals surface area contributed by atoms with E-state index in [0.29, 0.717) is 7.48 Å². The predicted octanol–water partition coefficient (Wildman–Crippen LogP) is 1.54. The molecular weight excluding hydrogens is 199 g/mol. The number of hydrogen-bond acceptors (Lipinski definition) is 2. The third-order valence-corrected chi connectivity index (χ3v) is 3.19. The first-order valence-electron chi connectivity index (χ1n) is 5.64. The second-order valence-electron chi connectivity index (χ2n) is 5.34. The Hall–Kier alpha value is -0.795. The maximum atomic E-state index is 9.94. The van der Waals surface area contributed by atoms with E-state index in [1.54, 1.807) is 13.8 Å². The Morgan fingerprint density at radius 1 is 1.06 bits per heavy atom. The topological polar surface area (TPSA) is 29.5 Å². The fourth-order valence-corrected chi connectivity index (χ4v) is 1.12. The molecule has 1 aromatic rings. The Bertz CT molecular complexity index is 336. The van der Waals surface area contributed by atoms with Crippen LogP contribution in [0.4, 0.5) is 0 Å². The fraction of sp³-hybridized carbons (Fsp3) is 0.538. The van der Waals surface area contributed by atoms with Gasteiger partial charge in [-0.05, 0) is 34.6 Å². The summed E-state index contributed by atoms with van der Waals surface area (Å²) in [7, 11) is 0.525. The van der Waals surface area contributed by atoms with Gasteiger partial charge in [0.15, 0.2) is 0 Å². The lowest BCUT2D eigenvalue weighted by molar-refractivity contribution is -0.0893. The molecule has 0 aliphatic carbocycles. The Balaban J connectivity index is 2.61. The van der Waals surface area contributed by atoms with Crippen molar-refractivity contribution < 1.29 is 9.76 Å². The molecule has 2 nitrogen and oxygen atoms in total. The normalized spacial score (nSPS) is 12.6. The Morgan fingerprint density at radius 2 is 1.56 bits per heavy atom. The highest BCUT2D eigenvalue weighted by atomic mass is 16.5. The number of aliphatic hydroxyl groups is 1. The van der Waals surface area contributed by atoms with Crippen molar-refractivity contribution in [3.63, 3.8) is 0 Å². The van der Waals surface area contributed by atoms with Crippen molar-refractivity contribution >= 4 is 12.9 Å². The SMILES string of the molecule is Cc1ccc(BOC(C)(C)C(C)(C)O)cc1. The van der Waals surface area contributed by atoms with E-state index in [0.717, 1.165) is 5.46 Å². The van der Waals surface area contributed by atoms with Crippen molar-refractivity contribution in [2.45, 2.75) is 45.8 Å². The van der Waals surface area contributed by atoms with E-state index >= 15 is 0 Å². The second kappa shape index (κ2) is 4.60. The maximum absolute atomic E-state index is 9.94. The summed E-state index contributed by atoms with van der Waals surface area (Å²) in [5, 5.41) is 9.94. The molecule has 0 aliphatic rings. The molecule has 0 heterocycles. The number of aryl methyl sites for hydroxylation is 1. The van der Waals surface area contributed by atoms with Crippen LogP contribution in [-0.4, -0.2) is 23.8 Å². The summed E-state index contributed by atoms with van der Waals surface area (Å²) in [4.78, 5) is 0. The van der Waals surface area contributed by atoms with Crippen LogP contribution < -0.4 is 5.46 Å². The summed E-state index contributed by atoms with van der Waals surface area (Å²) in [6.45, 7) is 9.40. The quantitative estimate of drug-likeness (QED) is 0.780. The van der Waals surface area contributed by atoms with Gasteiger partial charge in [0.1, 0.15) is 0 Å². The smallest absolute Gasteiger partial charge is 0.309 e. The minimum absolute atomic E-state index is 0.525. The number of rotatable bonds is 4. The van der Waals surface area contributed by atoms with Gasteiger partial charge in [-0.15, -0.1) is 0 Å². The van der Waals surface area contributed by atoms with Gasteiger partial charge in [-0.25, -0.2) is 0 Å². The molecule has 0 saturated heterocycles. The first-order valence-corrected chi connectivity index (χ1v) is 5.64. The average Bonchev–Trinajstić information content (AvgIpc) is 2.15. The van der Waals surface area contributed by atoms with Crippen LogP contribution in [0.25, 0.3) is 0 Å². The molecule has 0 spiro atoms. The van der Waals surface area contributed by atoms with Crippen LogP contribution in [-0.2, 0) is 4.65 Å². The Morgan fingerprint density at radius 3 is 2.00 bits per heavy atom. The van der Waals surface area contributed by atoms with Gasteiger partial charge >= 0.3 is 7.48 Å². The molecule has 0 atom stereocenters. The van der Waals surface area contributed by atoms with Gasteiger partial charge in [0.25, 0.3) is 0 Å². The molecule has 0 bridgehead atoms. The molecule has 1 N–H and O–H groups in total. The molecule has 1 aromatic carbocycles. The van der Waals surface area contributed by atoms with E-state index in [2.05, 4.69) is 31.2 Å². The van der Waals surface area contributed by atoms with E-state index < -0.39 is 11.2 Å². The van der Waals surface area contributed by atoms with E-state index in [-0.39, 0.29) is 0 Å². The van der Waals surface area contributed by atoms with Crippen LogP contribution in [0.1, 0.15) is 33.3 Å². The molecular formula is C13H21BO2. The predicted molar refractivity (Wildman–Crippen MR) is 69.4 cm³/mol. The van der Waals surface area contributed by atoms with E-state index in [9.17, 15) is 5.11 Å². The average molecular weight is 220 g/mol. The lowest BCUT2D eigenvalue weighted by Crippen LogP contribution is -2.49. The largest absolute Gasteiger partial charge is 0.427 e. The molecule has 0 amide bonds. The van der Waals surface area contributed by atoms with Gasteiger partial charge < -0.3 is 9.76 Å². The number of hydrogen-bond donors (Lipinski definition) is 1. The summed E-state index contributed by atoms with van der Waals surface area (Å²) in [5.74, 6) is 0. The molecule has 0 aliphatic heterocycles. The van der Waals surface area contributed by atoms with Crippen LogP contribution in [0, 0.1) is 6.92 Å². The Kier molecular flexibility index (Phi) is 3.82. The van der Waals surface area contributed by atoms with Crippen molar-refractivity contribution in [1.82, 2.24) is 0 Å². The molecule has 0 fully saturated rings. The zero-order valence-electron chi connectivity index (χ0n) is 10.9. The summed E-state index contributed by atoms with van der Waals surface area (Å²) >= 11 is 0. The van der Waals surface area contributed by atoms with Crippen LogP contribution in [0.3, 0.4) is 0 Å². The third-order valence-electron chi connectivity index (χ3n) is 3.19. The van der Waals surface area contributed by atoms with Crippen LogP contribution in [0.15, 0.2) is 24.3 Å². The van der Waals surface area contributed by atoms with E-state index in [4.69, 9.17) is 4.65 Å². The molecule has 0 aromatic heterocycles. The zero-order chi connectivity index (χ0) is 12.4. The first kappa shape index (κ1) is 13.3. The number of benzene rings is 1. The van der Waals surface area contributed by atoms with Gasteiger partial charge in [-0.1, -0.05) is 35.3 Å². The van der Waals surface area contributed by atoms with Crippen molar-refractivity contribution in [2.24, 2.45) is 0 Å². The van der Waals surface area contributed by atoms with E-state index in [1.807, 2.05) is 13.8 Å². The molecule has 3 heteroatoms. The van der Waals surface area contributed by atoms with Crippen LogP contribution >= 0.6 is 0 Å². The van der Waals surface area contributed by atoms with Crippen LogP contribution in [0.2, 0.25) is 0 Å².